The van der Waals surface area contributed by atoms with Crippen LogP contribution < -0.4 is 5.73 Å². The van der Waals surface area contributed by atoms with E-state index in [2.05, 4.69) is 24.9 Å². The topological polar surface area (TPSA) is 93.4 Å². The number of aromatic nitrogens is 5. The minimum atomic E-state index is -0.399. The Morgan fingerprint density at radius 3 is 2.76 bits per heavy atom. The fraction of sp³-hybridized carbons (Fsp3) is 0. The van der Waals surface area contributed by atoms with Gasteiger partial charge in [0.15, 0.2) is 17.3 Å². The van der Waals surface area contributed by atoms with Crippen LogP contribution in [0.1, 0.15) is 0 Å². The minimum absolute atomic E-state index is 0.316. The summed E-state index contributed by atoms with van der Waals surface area (Å²) in [5, 5.41) is 0. The van der Waals surface area contributed by atoms with Gasteiger partial charge in [0.2, 0.25) is 0 Å². The monoisotopic (exact) mass is 230 g/mol. The molecule has 0 saturated heterocycles. The first kappa shape index (κ1) is 9.64. The summed E-state index contributed by atoms with van der Waals surface area (Å²) in [4.78, 5) is 18.9. The van der Waals surface area contributed by atoms with E-state index in [1.165, 1.54) is 18.5 Å². The van der Waals surface area contributed by atoms with Gasteiger partial charge in [-0.1, -0.05) is 0 Å². The second-order valence-electron chi connectivity index (χ2n) is 3.40. The number of nitrogens with zero attached hydrogens (tertiary/aromatic N) is 4. The van der Waals surface area contributed by atoms with E-state index in [-0.39, 0.29) is 0 Å². The molecule has 0 bridgehead atoms. The van der Waals surface area contributed by atoms with Crippen molar-refractivity contribution in [1.29, 1.82) is 0 Å². The van der Waals surface area contributed by atoms with E-state index in [9.17, 15) is 4.39 Å². The molecule has 3 aromatic rings. The molecule has 3 aromatic heterocycles. The maximum Gasteiger partial charge on any atom is 0.183 e. The first-order chi connectivity index (χ1) is 8.24. The molecule has 0 atom stereocenters. The second-order valence-corrected chi connectivity index (χ2v) is 3.40. The largest absolute Gasteiger partial charge is 0.382 e. The number of imidazole rings is 1. The van der Waals surface area contributed by atoms with Gasteiger partial charge in [-0.2, -0.15) is 0 Å². The number of nitrogens with two attached hydrogens (primary N) is 1. The van der Waals surface area contributed by atoms with Crippen LogP contribution >= 0.6 is 0 Å². The van der Waals surface area contributed by atoms with Gasteiger partial charge in [0.1, 0.15) is 23.4 Å². The first-order valence-electron chi connectivity index (χ1n) is 4.82. The molecule has 0 aliphatic rings. The van der Waals surface area contributed by atoms with Crippen LogP contribution in [0.5, 0.6) is 0 Å². The van der Waals surface area contributed by atoms with Crippen molar-refractivity contribution >= 4 is 17.0 Å². The SMILES string of the molecule is Nc1ncnc2nc(-c3ccc(F)cn3)[nH]c12. The van der Waals surface area contributed by atoms with Gasteiger partial charge in [0.25, 0.3) is 0 Å². The Kier molecular flexibility index (Phi) is 1.97. The number of hydrogen-bond donors (Lipinski definition) is 2. The van der Waals surface area contributed by atoms with Gasteiger partial charge in [-0.05, 0) is 12.1 Å². The van der Waals surface area contributed by atoms with Crippen molar-refractivity contribution in [1.82, 2.24) is 24.9 Å². The number of H-pyrrole nitrogens is 1. The number of fused-ring (bicyclic) bond motifs is 1. The third-order valence-electron chi connectivity index (χ3n) is 2.29. The van der Waals surface area contributed by atoms with Crippen LogP contribution in [0.2, 0.25) is 0 Å². The zero-order valence-corrected chi connectivity index (χ0v) is 8.55. The molecule has 0 aromatic carbocycles. The van der Waals surface area contributed by atoms with Crippen LogP contribution in [0, 0.1) is 5.82 Å². The number of anilines is 1. The van der Waals surface area contributed by atoms with Gasteiger partial charge in [-0.25, -0.2) is 24.3 Å². The van der Waals surface area contributed by atoms with Gasteiger partial charge >= 0.3 is 0 Å². The van der Waals surface area contributed by atoms with Gasteiger partial charge in [-0.15, -0.1) is 0 Å². The molecule has 0 spiro atoms. The number of aromatic amines is 1. The Hall–Kier alpha value is -2.57. The molecule has 3 N–H and O–H groups in total. The molecule has 3 rings (SSSR count). The molecule has 84 valence electrons. The predicted octanol–water partition coefficient (Wildman–Crippen LogP) is 1.14. The highest BCUT2D eigenvalue weighted by Gasteiger charge is 2.09. The van der Waals surface area contributed by atoms with Crippen molar-refractivity contribution in [2.75, 3.05) is 5.73 Å². The summed E-state index contributed by atoms with van der Waals surface area (Å²) in [5.74, 6) is 0.396. The van der Waals surface area contributed by atoms with Crippen molar-refractivity contribution in [3.63, 3.8) is 0 Å². The Morgan fingerprint density at radius 1 is 1.18 bits per heavy atom. The average molecular weight is 230 g/mol. The van der Waals surface area contributed by atoms with Crippen LogP contribution in [-0.4, -0.2) is 24.9 Å². The van der Waals surface area contributed by atoms with Crippen LogP contribution in [0.3, 0.4) is 0 Å². The zero-order valence-electron chi connectivity index (χ0n) is 8.55. The fourth-order valence-corrected chi connectivity index (χ4v) is 1.48. The number of halogens is 1. The lowest BCUT2D eigenvalue weighted by Gasteiger charge is -1.94. The third kappa shape index (κ3) is 1.57. The molecular weight excluding hydrogens is 223 g/mol. The van der Waals surface area contributed by atoms with Crippen molar-refractivity contribution in [2.24, 2.45) is 0 Å². The lowest BCUT2D eigenvalue weighted by atomic mass is 10.3. The number of pyridine rings is 1. The Labute approximate surface area is 94.8 Å². The summed E-state index contributed by atoms with van der Waals surface area (Å²) < 4.78 is 12.7. The molecule has 0 unspecified atom stereocenters. The fourth-order valence-electron chi connectivity index (χ4n) is 1.48. The second kappa shape index (κ2) is 3.48. The van der Waals surface area contributed by atoms with E-state index in [1.807, 2.05) is 0 Å². The van der Waals surface area contributed by atoms with Gasteiger partial charge < -0.3 is 10.7 Å². The summed E-state index contributed by atoms with van der Waals surface area (Å²) in [7, 11) is 0. The standard InChI is InChI=1S/C10H7FN6/c11-5-1-2-6(13-3-5)9-16-7-8(12)14-4-15-10(7)17-9/h1-4H,(H3,12,14,15,16,17). The lowest BCUT2D eigenvalue weighted by Crippen LogP contribution is -1.91. The van der Waals surface area contributed by atoms with Crippen LogP contribution in [0.15, 0.2) is 24.7 Å². The normalized spacial score (nSPS) is 10.9. The van der Waals surface area contributed by atoms with Gasteiger partial charge in [-0.3, -0.25) is 0 Å². The molecule has 17 heavy (non-hydrogen) atoms. The van der Waals surface area contributed by atoms with Gasteiger partial charge in [0, 0.05) is 0 Å². The minimum Gasteiger partial charge on any atom is -0.382 e. The van der Waals surface area contributed by atoms with E-state index < -0.39 is 5.82 Å². The molecule has 0 amide bonds. The number of rotatable bonds is 1. The molecule has 0 aliphatic heterocycles. The van der Waals surface area contributed by atoms with Gasteiger partial charge in [0.05, 0.1) is 6.20 Å². The first-order valence-corrected chi connectivity index (χ1v) is 4.82. The highest BCUT2D eigenvalue weighted by molar-refractivity contribution is 5.83. The quantitative estimate of drug-likeness (QED) is 0.653. The van der Waals surface area contributed by atoms with Crippen LogP contribution in [0.25, 0.3) is 22.7 Å². The molecule has 0 fully saturated rings. The molecule has 7 heteroatoms. The Balaban J connectivity index is 2.18. The van der Waals surface area contributed by atoms with E-state index in [0.29, 0.717) is 28.5 Å². The average Bonchev–Trinajstić information content (AvgIpc) is 2.75. The smallest absolute Gasteiger partial charge is 0.183 e. The maximum absolute atomic E-state index is 12.7. The van der Waals surface area contributed by atoms with E-state index in [1.54, 1.807) is 0 Å². The molecule has 6 nitrogen and oxygen atoms in total. The number of nitrogen functional groups attached to an aromatic ring is 1. The summed E-state index contributed by atoms with van der Waals surface area (Å²) in [6, 6.07) is 2.83. The number of nitrogens with one attached hydrogen (secondary N) is 1. The van der Waals surface area contributed by atoms with E-state index in [0.717, 1.165) is 6.20 Å². The van der Waals surface area contributed by atoms with E-state index >= 15 is 0 Å². The summed E-state index contributed by atoms with van der Waals surface area (Å²) in [6.45, 7) is 0. The Morgan fingerprint density at radius 2 is 2.06 bits per heavy atom. The van der Waals surface area contributed by atoms with Crippen LogP contribution in [0.4, 0.5) is 10.2 Å². The molecule has 3 heterocycles. The predicted molar refractivity (Wildman–Crippen MR) is 59.3 cm³/mol. The summed E-state index contributed by atoms with van der Waals surface area (Å²) in [6.07, 6.45) is 2.46. The molecular formula is C10H7FN6. The highest BCUT2D eigenvalue weighted by Crippen LogP contribution is 2.19. The van der Waals surface area contributed by atoms with E-state index in [4.69, 9.17) is 5.73 Å². The summed E-state index contributed by atoms with van der Waals surface area (Å²) >= 11 is 0. The zero-order chi connectivity index (χ0) is 11.8. The summed E-state index contributed by atoms with van der Waals surface area (Å²) in [5.41, 5.74) is 7.19. The lowest BCUT2D eigenvalue weighted by molar-refractivity contribution is 0.621. The highest BCUT2D eigenvalue weighted by atomic mass is 19.1. The number of hydrogen-bond acceptors (Lipinski definition) is 5. The molecule has 0 aliphatic carbocycles. The van der Waals surface area contributed by atoms with Crippen molar-refractivity contribution in [2.45, 2.75) is 0 Å². The van der Waals surface area contributed by atoms with Crippen molar-refractivity contribution < 1.29 is 4.39 Å². The van der Waals surface area contributed by atoms with Crippen molar-refractivity contribution in [3.8, 4) is 11.5 Å². The maximum atomic E-state index is 12.7. The molecule has 0 radical (unpaired) electrons. The van der Waals surface area contributed by atoms with Crippen molar-refractivity contribution in [3.05, 3.63) is 30.5 Å². The Bertz CT molecular complexity index is 675. The van der Waals surface area contributed by atoms with Crippen LogP contribution in [-0.2, 0) is 0 Å². The third-order valence-corrected chi connectivity index (χ3v) is 2.29. The molecule has 0 saturated carbocycles.